The highest BCUT2D eigenvalue weighted by Crippen LogP contribution is 2.40. The number of carboxylic acid groups (broad SMARTS) is 2. The highest BCUT2D eigenvalue weighted by Gasteiger charge is 2.41. The minimum absolute atomic E-state index is 0.371. The minimum atomic E-state index is -1.14. The number of rotatable bonds is 8. The Balaban J connectivity index is 3.06. The molecular weight excluding hydrogens is 256 g/mol. The van der Waals surface area contributed by atoms with Gasteiger partial charge in [0, 0.05) is 0 Å². The molecule has 0 aromatic rings. The van der Waals surface area contributed by atoms with Gasteiger partial charge in [-0.25, -0.2) is 0 Å². The predicted molar refractivity (Wildman–Crippen MR) is 77.3 cm³/mol. The quantitative estimate of drug-likeness (QED) is 0.668. The van der Waals surface area contributed by atoms with E-state index in [2.05, 4.69) is 13.2 Å². The fourth-order valence-electron chi connectivity index (χ4n) is 2.22. The Morgan fingerprint density at radius 1 is 0.850 bits per heavy atom. The van der Waals surface area contributed by atoms with Crippen LogP contribution in [0.5, 0.6) is 0 Å². The first-order valence-corrected chi connectivity index (χ1v) is 6.52. The van der Waals surface area contributed by atoms with Crippen LogP contribution in [0.4, 0.5) is 0 Å². The number of carbonyl (C=O) groups is 2. The summed E-state index contributed by atoms with van der Waals surface area (Å²) in [5, 5.41) is 18.8. The van der Waals surface area contributed by atoms with Crippen molar-refractivity contribution in [3.63, 3.8) is 0 Å². The third-order valence-corrected chi connectivity index (χ3v) is 3.68. The fraction of sp³-hybridized carbons (Fsp3) is 0.375. The minimum Gasteiger partial charge on any atom is -0.480 e. The van der Waals surface area contributed by atoms with Crippen LogP contribution in [0.1, 0.15) is 25.7 Å². The lowest BCUT2D eigenvalue weighted by Gasteiger charge is -2.31. The van der Waals surface area contributed by atoms with E-state index in [1.54, 1.807) is 12.2 Å². The normalized spacial score (nSPS) is 28.0. The van der Waals surface area contributed by atoms with E-state index < -0.39 is 22.8 Å². The van der Waals surface area contributed by atoms with Crippen molar-refractivity contribution in [2.45, 2.75) is 25.7 Å². The SMILES string of the molecule is C=CCCC1(C(=O)O)C=CC(CCC=C)(C(=O)O)C=C1. The molecule has 0 aliphatic heterocycles. The Hall–Kier alpha value is -2.10. The highest BCUT2D eigenvalue weighted by molar-refractivity contribution is 5.84. The monoisotopic (exact) mass is 276 g/mol. The average molecular weight is 276 g/mol. The summed E-state index contributed by atoms with van der Waals surface area (Å²) in [7, 11) is 0. The van der Waals surface area contributed by atoms with Gasteiger partial charge in [0.15, 0.2) is 0 Å². The molecule has 0 aromatic carbocycles. The van der Waals surface area contributed by atoms with Gasteiger partial charge < -0.3 is 10.2 Å². The van der Waals surface area contributed by atoms with Crippen LogP contribution in [0.15, 0.2) is 49.6 Å². The Kier molecular flexibility index (Phi) is 5.08. The molecule has 1 rings (SSSR count). The summed E-state index contributed by atoms with van der Waals surface area (Å²) < 4.78 is 0. The molecule has 0 saturated heterocycles. The van der Waals surface area contributed by atoms with E-state index in [0.717, 1.165) is 0 Å². The zero-order valence-electron chi connectivity index (χ0n) is 11.4. The van der Waals surface area contributed by atoms with E-state index in [9.17, 15) is 19.8 Å². The Morgan fingerprint density at radius 3 is 1.35 bits per heavy atom. The second kappa shape index (κ2) is 6.37. The topological polar surface area (TPSA) is 74.6 Å². The van der Waals surface area contributed by atoms with Crippen molar-refractivity contribution in [1.82, 2.24) is 0 Å². The van der Waals surface area contributed by atoms with Crippen molar-refractivity contribution in [2.24, 2.45) is 10.8 Å². The zero-order valence-corrected chi connectivity index (χ0v) is 11.4. The molecule has 108 valence electrons. The van der Waals surface area contributed by atoms with Crippen LogP contribution in [-0.2, 0) is 9.59 Å². The van der Waals surface area contributed by atoms with E-state index in [4.69, 9.17) is 0 Å². The zero-order chi connectivity index (χ0) is 15.2. The maximum Gasteiger partial charge on any atom is 0.317 e. The number of hydrogen-bond acceptors (Lipinski definition) is 2. The van der Waals surface area contributed by atoms with Crippen molar-refractivity contribution in [3.05, 3.63) is 49.6 Å². The molecule has 1 aliphatic rings. The van der Waals surface area contributed by atoms with Gasteiger partial charge in [0.05, 0.1) is 0 Å². The van der Waals surface area contributed by atoms with Crippen molar-refractivity contribution in [3.8, 4) is 0 Å². The molecule has 0 aromatic heterocycles. The maximum absolute atomic E-state index is 11.5. The standard InChI is InChI=1S/C16H20O4/c1-3-5-7-15(13(17)18)9-11-16(12-10-15,14(19)20)8-6-4-2/h3-4,9-12H,1-2,5-8H2,(H,17,18)(H,19,20). The van der Waals surface area contributed by atoms with E-state index in [0.29, 0.717) is 25.7 Å². The summed E-state index contributed by atoms with van der Waals surface area (Å²) in [6, 6.07) is 0. The third-order valence-electron chi connectivity index (χ3n) is 3.68. The van der Waals surface area contributed by atoms with Crippen molar-refractivity contribution < 1.29 is 19.8 Å². The molecule has 4 heteroatoms. The Morgan fingerprint density at radius 2 is 1.15 bits per heavy atom. The van der Waals surface area contributed by atoms with Gasteiger partial charge in [-0.3, -0.25) is 9.59 Å². The Bertz CT molecular complexity index is 415. The number of allylic oxidation sites excluding steroid dienone is 2. The predicted octanol–water partition coefficient (Wildman–Crippen LogP) is 3.19. The molecule has 0 saturated carbocycles. The third kappa shape index (κ3) is 3.07. The molecule has 1 aliphatic carbocycles. The van der Waals surface area contributed by atoms with E-state index in [-0.39, 0.29) is 0 Å². The van der Waals surface area contributed by atoms with Gasteiger partial charge in [0.2, 0.25) is 0 Å². The fourth-order valence-corrected chi connectivity index (χ4v) is 2.22. The molecule has 4 nitrogen and oxygen atoms in total. The summed E-state index contributed by atoms with van der Waals surface area (Å²) in [5.41, 5.74) is -2.28. The van der Waals surface area contributed by atoms with Gasteiger partial charge >= 0.3 is 11.9 Å². The van der Waals surface area contributed by atoms with Crippen molar-refractivity contribution >= 4 is 11.9 Å². The number of hydrogen-bond donors (Lipinski definition) is 2. The molecule has 0 heterocycles. The second-order valence-electron chi connectivity index (χ2n) is 5.01. The van der Waals surface area contributed by atoms with E-state index >= 15 is 0 Å². The summed E-state index contributed by atoms with van der Waals surface area (Å²) in [5.74, 6) is -1.95. The molecule has 0 amide bonds. The maximum atomic E-state index is 11.5. The van der Waals surface area contributed by atoms with Crippen molar-refractivity contribution in [2.75, 3.05) is 0 Å². The Labute approximate surface area is 118 Å². The van der Waals surface area contributed by atoms with Crippen LogP contribution in [0.2, 0.25) is 0 Å². The lowest BCUT2D eigenvalue weighted by atomic mass is 9.71. The molecule has 0 fully saturated rings. The molecule has 2 N–H and O–H groups in total. The van der Waals surface area contributed by atoms with Crippen LogP contribution in [0.25, 0.3) is 0 Å². The van der Waals surface area contributed by atoms with Gasteiger partial charge in [0.25, 0.3) is 0 Å². The van der Waals surface area contributed by atoms with Gasteiger partial charge in [0.1, 0.15) is 10.8 Å². The first-order chi connectivity index (χ1) is 9.42. The molecule has 0 bridgehead atoms. The van der Waals surface area contributed by atoms with Crippen LogP contribution < -0.4 is 0 Å². The average Bonchev–Trinajstić information content (AvgIpc) is 2.43. The molecular formula is C16H20O4. The van der Waals surface area contributed by atoms with Crippen molar-refractivity contribution in [1.29, 1.82) is 0 Å². The molecule has 0 spiro atoms. The lowest BCUT2D eigenvalue weighted by molar-refractivity contribution is -0.146. The smallest absolute Gasteiger partial charge is 0.317 e. The van der Waals surface area contributed by atoms with Gasteiger partial charge in [-0.2, -0.15) is 0 Å². The van der Waals surface area contributed by atoms with Crippen LogP contribution in [-0.4, -0.2) is 22.2 Å². The second-order valence-corrected chi connectivity index (χ2v) is 5.01. The van der Waals surface area contributed by atoms with Crippen LogP contribution >= 0.6 is 0 Å². The van der Waals surface area contributed by atoms with Crippen LogP contribution in [0, 0.1) is 10.8 Å². The van der Waals surface area contributed by atoms with E-state index in [1.165, 1.54) is 24.3 Å². The molecule has 20 heavy (non-hydrogen) atoms. The van der Waals surface area contributed by atoms with E-state index in [1.807, 2.05) is 0 Å². The summed E-state index contributed by atoms with van der Waals surface area (Å²) >= 11 is 0. The van der Waals surface area contributed by atoms with Gasteiger partial charge in [-0.15, -0.1) is 13.2 Å². The number of aliphatic carboxylic acids is 2. The highest BCUT2D eigenvalue weighted by atomic mass is 16.4. The van der Waals surface area contributed by atoms with Gasteiger partial charge in [-0.1, -0.05) is 36.5 Å². The summed E-state index contributed by atoms with van der Waals surface area (Å²) in [6.45, 7) is 7.17. The van der Waals surface area contributed by atoms with Gasteiger partial charge in [-0.05, 0) is 25.7 Å². The largest absolute Gasteiger partial charge is 0.480 e. The lowest BCUT2D eigenvalue weighted by Crippen LogP contribution is -2.35. The summed E-state index contributed by atoms with van der Waals surface area (Å²) in [4.78, 5) is 23.0. The molecule has 0 atom stereocenters. The first-order valence-electron chi connectivity index (χ1n) is 6.52. The molecule has 0 radical (unpaired) electrons. The van der Waals surface area contributed by atoms with Crippen LogP contribution in [0.3, 0.4) is 0 Å². The first kappa shape index (κ1) is 16.0. The number of carboxylic acids is 2. The molecule has 0 unspecified atom stereocenters. The summed E-state index contributed by atoms with van der Waals surface area (Å²) in [6.07, 6.45) is 11.1.